The molecule has 0 aliphatic carbocycles. The SMILES string of the molecule is COc1ccccc1Nc1cc(C2=NCc3ccc(Nc4cccc(C)c4)cc32)ccn1. The average Bonchev–Trinajstić information content (AvgIpc) is 3.23. The first-order chi connectivity index (χ1) is 15.7. The number of fused-ring (bicyclic) bond motifs is 1. The summed E-state index contributed by atoms with van der Waals surface area (Å²) in [6.07, 6.45) is 1.81. The van der Waals surface area contributed by atoms with Gasteiger partial charge in [0.15, 0.2) is 0 Å². The molecule has 0 unspecified atom stereocenters. The minimum Gasteiger partial charge on any atom is -0.495 e. The second-order valence-corrected chi connectivity index (χ2v) is 7.79. The van der Waals surface area contributed by atoms with Gasteiger partial charge in [-0.25, -0.2) is 4.98 Å². The maximum absolute atomic E-state index is 5.44. The van der Waals surface area contributed by atoms with Crippen molar-refractivity contribution in [3.05, 3.63) is 107 Å². The molecule has 4 aromatic rings. The molecule has 32 heavy (non-hydrogen) atoms. The zero-order valence-electron chi connectivity index (χ0n) is 18.1. The van der Waals surface area contributed by atoms with Gasteiger partial charge >= 0.3 is 0 Å². The molecule has 5 rings (SSSR count). The summed E-state index contributed by atoms with van der Waals surface area (Å²) in [6.45, 7) is 2.78. The molecule has 0 saturated carbocycles. The number of aromatic nitrogens is 1. The van der Waals surface area contributed by atoms with Gasteiger partial charge in [-0.05, 0) is 66.6 Å². The Bertz CT molecular complexity index is 1310. The van der Waals surface area contributed by atoms with E-state index in [0.29, 0.717) is 6.54 Å². The summed E-state index contributed by atoms with van der Waals surface area (Å²) in [5.74, 6) is 1.52. The largest absolute Gasteiger partial charge is 0.495 e. The van der Waals surface area contributed by atoms with E-state index in [1.54, 1.807) is 7.11 Å². The summed E-state index contributed by atoms with van der Waals surface area (Å²) in [4.78, 5) is 9.31. The number of nitrogens with one attached hydrogen (secondary N) is 2. The van der Waals surface area contributed by atoms with E-state index in [1.165, 1.54) is 11.1 Å². The van der Waals surface area contributed by atoms with Gasteiger partial charge in [0.1, 0.15) is 11.6 Å². The molecule has 0 radical (unpaired) electrons. The van der Waals surface area contributed by atoms with Crippen LogP contribution in [0.4, 0.5) is 22.9 Å². The Hall–Kier alpha value is -4.12. The number of rotatable bonds is 6. The number of ether oxygens (including phenoxy) is 1. The van der Waals surface area contributed by atoms with Crippen LogP contribution in [0.15, 0.2) is 90.1 Å². The number of hydrogen-bond acceptors (Lipinski definition) is 5. The van der Waals surface area contributed by atoms with E-state index < -0.39 is 0 Å². The molecule has 0 saturated heterocycles. The van der Waals surface area contributed by atoms with E-state index in [1.807, 2.05) is 42.6 Å². The second-order valence-electron chi connectivity index (χ2n) is 7.79. The summed E-state index contributed by atoms with van der Waals surface area (Å²) < 4.78 is 5.44. The van der Waals surface area contributed by atoms with Gasteiger partial charge in [0, 0.05) is 28.7 Å². The fraction of sp³-hybridized carbons (Fsp3) is 0.111. The Morgan fingerprint density at radius 1 is 0.844 bits per heavy atom. The standard InChI is InChI=1S/C27H24N4O/c1-18-6-5-7-21(14-18)30-22-11-10-20-17-29-27(23(20)16-22)19-12-13-28-26(15-19)31-24-8-3-4-9-25(24)32-2/h3-16,30H,17H2,1-2H3,(H,28,31). The molecular formula is C27H24N4O. The molecular weight excluding hydrogens is 396 g/mol. The fourth-order valence-corrected chi connectivity index (χ4v) is 3.93. The summed E-state index contributed by atoms with van der Waals surface area (Å²) >= 11 is 0. The predicted octanol–water partition coefficient (Wildman–Crippen LogP) is 6.24. The Balaban J connectivity index is 1.42. The van der Waals surface area contributed by atoms with E-state index in [-0.39, 0.29) is 0 Å². The van der Waals surface area contributed by atoms with Crippen LogP contribution in [-0.4, -0.2) is 17.8 Å². The van der Waals surface area contributed by atoms with Crippen molar-refractivity contribution < 1.29 is 4.74 Å². The van der Waals surface area contributed by atoms with Gasteiger partial charge in [-0.2, -0.15) is 0 Å². The number of aliphatic imine (C=N–C) groups is 1. The molecule has 5 heteroatoms. The molecule has 0 amide bonds. The van der Waals surface area contributed by atoms with E-state index in [4.69, 9.17) is 9.73 Å². The molecule has 0 bridgehead atoms. The summed E-state index contributed by atoms with van der Waals surface area (Å²) in [5, 5.41) is 6.87. The molecule has 2 heterocycles. The normalized spacial score (nSPS) is 12.1. The lowest BCUT2D eigenvalue weighted by molar-refractivity contribution is 0.417. The summed E-state index contributed by atoms with van der Waals surface area (Å²) in [7, 11) is 1.66. The molecule has 158 valence electrons. The Labute approximate surface area is 187 Å². The molecule has 1 aliphatic rings. The van der Waals surface area contributed by atoms with Gasteiger partial charge in [0.2, 0.25) is 0 Å². The number of para-hydroxylation sites is 2. The number of aryl methyl sites for hydroxylation is 1. The van der Waals surface area contributed by atoms with Gasteiger partial charge in [-0.3, -0.25) is 4.99 Å². The molecule has 0 atom stereocenters. The minimum absolute atomic E-state index is 0.687. The zero-order valence-corrected chi connectivity index (χ0v) is 18.1. The van der Waals surface area contributed by atoms with Crippen LogP contribution in [0.3, 0.4) is 0 Å². The van der Waals surface area contributed by atoms with Crippen LogP contribution in [-0.2, 0) is 6.54 Å². The number of pyridine rings is 1. The third-order valence-corrected chi connectivity index (χ3v) is 5.48. The maximum atomic E-state index is 5.44. The quantitative estimate of drug-likeness (QED) is 0.388. The highest BCUT2D eigenvalue weighted by Gasteiger charge is 2.19. The summed E-state index contributed by atoms with van der Waals surface area (Å²) in [6, 6.07) is 26.7. The molecule has 0 fully saturated rings. The van der Waals surface area contributed by atoms with Gasteiger partial charge in [0.25, 0.3) is 0 Å². The van der Waals surface area contributed by atoms with Gasteiger partial charge in [-0.15, -0.1) is 0 Å². The first-order valence-corrected chi connectivity index (χ1v) is 10.6. The van der Waals surface area contributed by atoms with Crippen LogP contribution in [0.2, 0.25) is 0 Å². The van der Waals surface area contributed by atoms with Crippen molar-refractivity contribution in [2.45, 2.75) is 13.5 Å². The Kier molecular flexibility index (Phi) is 5.30. The second kappa shape index (κ2) is 8.55. The molecule has 3 aromatic carbocycles. The van der Waals surface area contributed by atoms with Crippen molar-refractivity contribution >= 4 is 28.6 Å². The van der Waals surface area contributed by atoms with Crippen LogP contribution < -0.4 is 15.4 Å². The molecule has 0 spiro atoms. The minimum atomic E-state index is 0.687. The van der Waals surface area contributed by atoms with Crippen molar-refractivity contribution in [1.82, 2.24) is 4.98 Å². The molecule has 1 aliphatic heterocycles. The lowest BCUT2D eigenvalue weighted by Crippen LogP contribution is -2.04. The number of nitrogens with zero attached hydrogens (tertiary/aromatic N) is 2. The Morgan fingerprint density at radius 2 is 1.72 bits per heavy atom. The third-order valence-electron chi connectivity index (χ3n) is 5.48. The van der Waals surface area contributed by atoms with Crippen molar-refractivity contribution in [2.24, 2.45) is 4.99 Å². The number of anilines is 4. The van der Waals surface area contributed by atoms with Crippen LogP contribution in [0.1, 0.15) is 22.3 Å². The zero-order chi connectivity index (χ0) is 21.9. The lowest BCUT2D eigenvalue weighted by atomic mass is 10.00. The first-order valence-electron chi connectivity index (χ1n) is 10.6. The summed E-state index contributed by atoms with van der Waals surface area (Å²) in [5.41, 5.74) is 8.62. The van der Waals surface area contributed by atoms with E-state index in [9.17, 15) is 0 Å². The average molecular weight is 421 g/mol. The number of methoxy groups -OCH3 is 1. The van der Waals surface area contributed by atoms with Crippen LogP contribution >= 0.6 is 0 Å². The molecule has 2 N–H and O–H groups in total. The van der Waals surface area contributed by atoms with Crippen LogP contribution in [0.5, 0.6) is 5.75 Å². The van der Waals surface area contributed by atoms with E-state index in [0.717, 1.165) is 45.5 Å². The predicted molar refractivity (Wildman–Crippen MR) is 131 cm³/mol. The number of benzene rings is 3. The van der Waals surface area contributed by atoms with E-state index in [2.05, 4.69) is 65.0 Å². The topological polar surface area (TPSA) is 58.5 Å². The number of hydrogen-bond donors (Lipinski definition) is 2. The molecule has 1 aromatic heterocycles. The van der Waals surface area contributed by atoms with Crippen LogP contribution in [0, 0.1) is 6.92 Å². The van der Waals surface area contributed by atoms with Crippen molar-refractivity contribution in [3.63, 3.8) is 0 Å². The maximum Gasteiger partial charge on any atom is 0.142 e. The molecule has 5 nitrogen and oxygen atoms in total. The first kappa shape index (κ1) is 19.8. The smallest absolute Gasteiger partial charge is 0.142 e. The van der Waals surface area contributed by atoms with Crippen molar-refractivity contribution in [3.8, 4) is 5.75 Å². The Morgan fingerprint density at radius 3 is 2.59 bits per heavy atom. The monoisotopic (exact) mass is 420 g/mol. The highest BCUT2D eigenvalue weighted by Crippen LogP contribution is 2.30. The highest BCUT2D eigenvalue weighted by atomic mass is 16.5. The highest BCUT2D eigenvalue weighted by molar-refractivity contribution is 6.15. The fourth-order valence-electron chi connectivity index (χ4n) is 3.93. The third kappa shape index (κ3) is 4.05. The van der Waals surface area contributed by atoms with Crippen LogP contribution in [0.25, 0.3) is 0 Å². The van der Waals surface area contributed by atoms with Crippen molar-refractivity contribution in [1.29, 1.82) is 0 Å². The van der Waals surface area contributed by atoms with E-state index >= 15 is 0 Å². The van der Waals surface area contributed by atoms with Crippen molar-refractivity contribution in [2.75, 3.05) is 17.7 Å². The lowest BCUT2D eigenvalue weighted by Gasteiger charge is -2.12. The van der Waals surface area contributed by atoms with Gasteiger partial charge < -0.3 is 15.4 Å². The van der Waals surface area contributed by atoms with Gasteiger partial charge in [-0.1, -0.05) is 30.3 Å². The van der Waals surface area contributed by atoms with Gasteiger partial charge in [0.05, 0.1) is 25.1 Å².